The summed E-state index contributed by atoms with van der Waals surface area (Å²) in [5, 5.41) is 8.72. The molecule has 0 heterocycles. The van der Waals surface area contributed by atoms with Gasteiger partial charge in [-0.25, -0.2) is 8.78 Å². The van der Waals surface area contributed by atoms with Crippen LogP contribution in [0.3, 0.4) is 0 Å². The summed E-state index contributed by atoms with van der Waals surface area (Å²) in [6, 6.07) is 5.30. The third-order valence-corrected chi connectivity index (χ3v) is 3.32. The van der Waals surface area contributed by atoms with E-state index in [0.29, 0.717) is 6.42 Å². The second kappa shape index (κ2) is 5.48. The van der Waals surface area contributed by atoms with Crippen molar-refractivity contribution in [2.45, 2.75) is 36.0 Å². The maximum atomic E-state index is 13.4. The Bertz CT molecular complexity index is 441. The van der Waals surface area contributed by atoms with E-state index in [9.17, 15) is 8.78 Å². The molecule has 0 radical (unpaired) electrons. The molecular weight excluding hydrogens is 242 g/mol. The van der Waals surface area contributed by atoms with Crippen molar-refractivity contribution in [2.24, 2.45) is 5.73 Å². The number of nitriles is 1. The van der Waals surface area contributed by atoms with Crippen molar-refractivity contribution in [1.29, 1.82) is 5.26 Å². The van der Waals surface area contributed by atoms with Crippen LogP contribution in [0.1, 0.15) is 20.3 Å². The maximum Gasteiger partial charge on any atom is 0.136 e. The van der Waals surface area contributed by atoms with E-state index in [0.717, 1.165) is 18.2 Å². The molecule has 0 bridgehead atoms. The molecule has 2 atom stereocenters. The first-order valence-corrected chi connectivity index (χ1v) is 6.04. The predicted octanol–water partition coefficient (Wildman–Crippen LogP) is 3.08. The number of nitrogens with two attached hydrogens (primary N) is 1. The number of hydrogen-bond donors (Lipinski definition) is 1. The summed E-state index contributed by atoms with van der Waals surface area (Å²) < 4.78 is 26.3. The maximum absolute atomic E-state index is 13.4. The van der Waals surface area contributed by atoms with Gasteiger partial charge in [-0.05, 0) is 31.5 Å². The van der Waals surface area contributed by atoms with E-state index in [-0.39, 0.29) is 10.1 Å². The fourth-order valence-electron chi connectivity index (χ4n) is 1.47. The molecule has 0 fully saturated rings. The van der Waals surface area contributed by atoms with Crippen LogP contribution >= 0.6 is 11.8 Å². The number of hydrogen-bond acceptors (Lipinski definition) is 3. The molecule has 92 valence electrons. The Morgan fingerprint density at radius 3 is 2.76 bits per heavy atom. The minimum Gasteiger partial charge on any atom is -0.314 e. The van der Waals surface area contributed by atoms with Crippen LogP contribution in [0, 0.1) is 23.0 Å². The molecule has 0 saturated heterocycles. The van der Waals surface area contributed by atoms with Gasteiger partial charge in [-0.3, -0.25) is 0 Å². The molecule has 1 aromatic rings. The van der Waals surface area contributed by atoms with Crippen LogP contribution in [-0.4, -0.2) is 10.8 Å². The van der Waals surface area contributed by atoms with Gasteiger partial charge >= 0.3 is 0 Å². The van der Waals surface area contributed by atoms with E-state index in [1.165, 1.54) is 11.8 Å². The molecule has 1 rings (SSSR count). The molecule has 2 N–H and O–H groups in total. The number of thioether (sulfide) groups is 1. The van der Waals surface area contributed by atoms with Crippen LogP contribution in [0.25, 0.3) is 0 Å². The van der Waals surface area contributed by atoms with E-state index in [1.54, 1.807) is 6.92 Å². The zero-order chi connectivity index (χ0) is 13.1. The molecule has 0 amide bonds. The fourth-order valence-corrected chi connectivity index (χ4v) is 2.69. The molecule has 1 aromatic carbocycles. The number of rotatable bonds is 4. The molecule has 0 aliphatic heterocycles. The lowest BCUT2D eigenvalue weighted by Crippen LogP contribution is -2.36. The summed E-state index contributed by atoms with van der Waals surface area (Å²) in [5.41, 5.74) is 4.75. The molecular formula is C12H14F2N2S. The van der Waals surface area contributed by atoms with Crippen LogP contribution < -0.4 is 5.73 Å². The van der Waals surface area contributed by atoms with Crippen molar-refractivity contribution < 1.29 is 8.78 Å². The summed E-state index contributed by atoms with van der Waals surface area (Å²) >= 11 is 1.18. The van der Waals surface area contributed by atoms with Gasteiger partial charge < -0.3 is 5.73 Å². The molecule has 0 spiro atoms. The molecule has 5 heteroatoms. The van der Waals surface area contributed by atoms with Gasteiger partial charge in [-0.15, -0.1) is 11.8 Å². The van der Waals surface area contributed by atoms with Gasteiger partial charge in [0.1, 0.15) is 17.2 Å². The second-order valence-electron chi connectivity index (χ2n) is 4.24. The van der Waals surface area contributed by atoms with Crippen molar-refractivity contribution in [3.63, 3.8) is 0 Å². The van der Waals surface area contributed by atoms with E-state index in [4.69, 9.17) is 11.0 Å². The lowest BCUT2D eigenvalue weighted by atomic mass is 10.00. The van der Waals surface area contributed by atoms with Gasteiger partial charge in [0.25, 0.3) is 0 Å². The van der Waals surface area contributed by atoms with E-state index >= 15 is 0 Å². The second-order valence-corrected chi connectivity index (χ2v) is 5.72. The van der Waals surface area contributed by atoms with Crippen molar-refractivity contribution in [3.8, 4) is 6.07 Å². The first-order valence-electron chi connectivity index (χ1n) is 5.16. The van der Waals surface area contributed by atoms with Crippen molar-refractivity contribution in [2.75, 3.05) is 0 Å². The number of halogens is 2. The first kappa shape index (κ1) is 13.9. The molecule has 0 saturated carbocycles. The van der Waals surface area contributed by atoms with Crippen molar-refractivity contribution >= 4 is 11.8 Å². The summed E-state index contributed by atoms with van der Waals surface area (Å²) in [7, 11) is 0. The third-order valence-electron chi connectivity index (χ3n) is 2.19. The Kier molecular flexibility index (Phi) is 4.49. The minimum atomic E-state index is -0.948. The quantitative estimate of drug-likeness (QED) is 0.842. The topological polar surface area (TPSA) is 49.8 Å². The fraction of sp³-hybridized carbons (Fsp3) is 0.417. The lowest BCUT2D eigenvalue weighted by Gasteiger charge is -2.20. The van der Waals surface area contributed by atoms with Crippen LogP contribution in [-0.2, 0) is 0 Å². The number of nitrogens with zero attached hydrogens (tertiary/aromatic N) is 1. The van der Waals surface area contributed by atoms with Crippen LogP contribution in [0.5, 0.6) is 0 Å². The zero-order valence-corrected chi connectivity index (χ0v) is 10.5. The minimum absolute atomic E-state index is 0.0686. The Hall–Kier alpha value is -1.12. The Morgan fingerprint density at radius 1 is 1.53 bits per heavy atom. The normalized spacial score (nSPS) is 16.0. The highest BCUT2D eigenvalue weighted by Crippen LogP contribution is 2.30. The summed E-state index contributed by atoms with van der Waals surface area (Å²) in [5.74, 6) is -0.934. The largest absolute Gasteiger partial charge is 0.314 e. The highest BCUT2D eigenvalue weighted by molar-refractivity contribution is 8.00. The molecule has 0 aliphatic carbocycles. The molecule has 2 unspecified atom stereocenters. The SMILES string of the molecule is CC(CC(C)(N)C#N)Sc1cc(F)ccc1F. The third kappa shape index (κ3) is 4.33. The van der Waals surface area contributed by atoms with E-state index in [2.05, 4.69) is 0 Å². The van der Waals surface area contributed by atoms with Crippen LogP contribution in [0.2, 0.25) is 0 Å². The van der Waals surface area contributed by atoms with Gasteiger partial charge in [-0.2, -0.15) is 5.26 Å². The number of benzene rings is 1. The zero-order valence-electron chi connectivity index (χ0n) is 9.71. The van der Waals surface area contributed by atoms with Gasteiger partial charge in [-0.1, -0.05) is 6.92 Å². The Balaban J connectivity index is 2.72. The first-order chi connectivity index (χ1) is 7.84. The lowest BCUT2D eigenvalue weighted by molar-refractivity contribution is 0.543. The van der Waals surface area contributed by atoms with Gasteiger partial charge in [0.05, 0.1) is 6.07 Å². The molecule has 2 nitrogen and oxygen atoms in total. The van der Waals surface area contributed by atoms with Gasteiger partial charge in [0, 0.05) is 10.1 Å². The summed E-state index contributed by atoms with van der Waals surface area (Å²) in [4.78, 5) is 0.242. The van der Waals surface area contributed by atoms with Gasteiger partial charge in [0.15, 0.2) is 0 Å². The standard InChI is InChI=1S/C12H14F2N2S/c1-8(6-12(2,16)7-15)17-11-5-9(13)3-4-10(11)14/h3-5,8H,6,16H2,1-2H3. The average molecular weight is 256 g/mol. The van der Waals surface area contributed by atoms with Gasteiger partial charge in [0.2, 0.25) is 0 Å². The smallest absolute Gasteiger partial charge is 0.136 e. The summed E-state index contributed by atoms with van der Waals surface area (Å²) in [6.45, 7) is 3.45. The average Bonchev–Trinajstić information content (AvgIpc) is 2.23. The highest BCUT2D eigenvalue weighted by atomic mass is 32.2. The Labute approximate surface area is 104 Å². The summed E-state index contributed by atoms with van der Waals surface area (Å²) in [6.07, 6.45) is 0.407. The van der Waals surface area contributed by atoms with Crippen molar-refractivity contribution in [3.05, 3.63) is 29.8 Å². The molecule has 0 aliphatic rings. The van der Waals surface area contributed by atoms with E-state index in [1.807, 2.05) is 13.0 Å². The van der Waals surface area contributed by atoms with E-state index < -0.39 is 17.2 Å². The molecule has 17 heavy (non-hydrogen) atoms. The van der Waals surface area contributed by atoms with Crippen LogP contribution in [0.15, 0.2) is 23.1 Å². The Morgan fingerprint density at radius 2 is 2.18 bits per heavy atom. The monoisotopic (exact) mass is 256 g/mol. The van der Waals surface area contributed by atoms with Crippen LogP contribution in [0.4, 0.5) is 8.78 Å². The molecule has 0 aromatic heterocycles. The highest BCUT2D eigenvalue weighted by Gasteiger charge is 2.22. The van der Waals surface area contributed by atoms with Crippen molar-refractivity contribution in [1.82, 2.24) is 0 Å². The predicted molar refractivity (Wildman–Crippen MR) is 64.5 cm³/mol.